The third-order valence-electron chi connectivity index (χ3n) is 2.42. The fourth-order valence-corrected chi connectivity index (χ4v) is 2.63. The van der Waals surface area contributed by atoms with E-state index in [4.69, 9.17) is 23.2 Å². The lowest BCUT2D eigenvalue weighted by atomic mass is 10.1. The van der Waals surface area contributed by atoms with Gasteiger partial charge in [0.25, 0.3) is 0 Å². The second-order valence-electron chi connectivity index (χ2n) is 5.11. The maximum Gasteiger partial charge on any atom is 0.136 e. The molecule has 106 valence electrons. The Bertz CT molecular complexity index is 449. The fourth-order valence-electron chi connectivity index (χ4n) is 1.39. The molecule has 0 saturated carbocycles. The summed E-state index contributed by atoms with van der Waals surface area (Å²) in [5.74, 6) is 0. The molecule has 0 aliphatic rings. The van der Waals surface area contributed by atoms with Gasteiger partial charge in [0.05, 0.1) is 11.1 Å². The van der Waals surface area contributed by atoms with Gasteiger partial charge in [-0.2, -0.15) is 0 Å². The smallest absolute Gasteiger partial charge is 0.136 e. The molecule has 1 aromatic heterocycles. The predicted molar refractivity (Wildman–Crippen MR) is 82.8 cm³/mol. The Balaban J connectivity index is 3.00. The summed E-state index contributed by atoms with van der Waals surface area (Å²) in [6.07, 6.45) is 3.82. The molecule has 1 N–H and O–H groups in total. The summed E-state index contributed by atoms with van der Waals surface area (Å²) in [6, 6.07) is 1.51. The molecule has 19 heavy (non-hydrogen) atoms. The lowest BCUT2D eigenvalue weighted by Crippen LogP contribution is -2.41. The average Bonchev–Trinajstić information content (AvgIpc) is 2.30. The van der Waals surface area contributed by atoms with Crippen molar-refractivity contribution in [2.24, 2.45) is 0 Å². The van der Waals surface area contributed by atoms with Crippen LogP contribution in [0, 0.1) is 0 Å². The maximum absolute atomic E-state index is 12.2. The molecule has 0 bridgehead atoms. The Morgan fingerprint density at radius 1 is 1.53 bits per heavy atom. The second-order valence-corrected chi connectivity index (χ2v) is 7.90. The van der Waals surface area contributed by atoms with E-state index in [0.29, 0.717) is 16.6 Å². The average molecular weight is 321 g/mol. The summed E-state index contributed by atoms with van der Waals surface area (Å²) in [4.78, 5) is 4.01. The number of hydrogen-bond donors (Lipinski definition) is 1. The number of aromatic nitrogens is 1. The van der Waals surface area contributed by atoms with E-state index in [2.05, 4.69) is 16.3 Å². The van der Waals surface area contributed by atoms with Gasteiger partial charge in [0.15, 0.2) is 0 Å². The Kier molecular flexibility index (Phi) is 6.15. The topological polar surface area (TPSA) is 48.0 Å². The molecule has 0 radical (unpaired) electrons. The van der Waals surface area contributed by atoms with Crippen LogP contribution < -0.4 is 4.72 Å². The van der Waals surface area contributed by atoms with E-state index in [1.165, 1.54) is 6.20 Å². The number of nitrogens with one attached hydrogen (secondary N) is 1. The van der Waals surface area contributed by atoms with Crippen LogP contribution in [-0.2, 0) is 11.4 Å². The van der Waals surface area contributed by atoms with Gasteiger partial charge in [-0.1, -0.05) is 29.3 Å². The molecule has 2 atom stereocenters. The minimum Gasteiger partial charge on any atom is -0.598 e. The van der Waals surface area contributed by atoms with Crippen LogP contribution in [0.1, 0.15) is 38.8 Å². The summed E-state index contributed by atoms with van der Waals surface area (Å²) < 4.78 is 14.9. The summed E-state index contributed by atoms with van der Waals surface area (Å²) >= 11 is 10.8. The monoisotopic (exact) mass is 320 g/mol. The van der Waals surface area contributed by atoms with E-state index >= 15 is 0 Å². The van der Waals surface area contributed by atoms with Gasteiger partial charge in [-0.25, -0.2) is 4.98 Å². The predicted octanol–water partition coefficient (Wildman–Crippen LogP) is 4.06. The van der Waals surface area contributed by atoms with Crippen molar-refractivity contribution in [2.75, 3.05) is 0 Å². The lowest BCUT2D eigenvalue weighted by molar-refractivity contribution is 0.524. The van der Waals surface area contributed by atoms with E-state index in [0.717, 1.165) is 5.56 Å². The second kappa shape index (κ2) is 6.95. The number of rotatable bonds is 5. The molecule has 0 aliphatic carbocycles. The van der Waals surface area contributed by atoms with Gasteiger partial charge >= 0.3 is 0 Å². The molecule has 0 fully saturated rings. The van der Waals surface area contributed by atoms with Gasteiger partial charge < -0.3 is 4.55 Å². The van der Waals surface area contributed by atoms with Crippen molar-refractivity contribution in [2.45, 2.75) is 38.0 Å². The van der Waals surface area contributed by atoms with Crippen LogP contribution in [0.5, 0.6) is 0 Å². The minimum atomic E-state index is -1.21. The molecule has 1 heterocycles. The molecule has 0 spiro atoms. The number of pyridine rings is 1. The highest BCUT2D eigenvalue weighted by molar-refractivity contribution is 7.90. The van der Waals surface area contributed by atoms with Crippen molar-refractivity contribution < 1.29 is 4.55 Å². The molecular formula is C13H18Cl2N2OS. The fraction of sp³-hybridized carbons (Fsp3) is 0.462. The molecule has 0 aliphatic heterocycles. The van der Waals surface area contributed by atoms with Crippen molar-refractivity contribution in [3.63, 3.8) is 0 Å². The molecule has 6 heteroatoms. The Morgan fingerprint density at radius 3 is 2.68 bits per heavy atom. The zero-order valence-corrected chi connectivity index (χ0v) is 13.6. The third-order valence-corrected chi connectivity index (χ3v) is 4.55. The van der Waals surface area contributed by atoms with Gasteiger partial charge in [-0.05, 0) is 33.3 Å². The Hall–Kier alpha value is -0.260. The number of nitrogens with zero attached hydrogens (tertiary/aromatic N) is 1. The van der Waals surface area contributed by atoms with E-state index in [1.54, 1.807) is 12.1 Å². The first kappa shape index (κ1) is 16.8. The highest BCUT2D eigenvalue weighted by Gasteiger charge is 2.30. The molecule has 1 aromatic rings. The first-order valence-electron chi connectivity index (χ1n) is 5.85. The molecule has 0 amide bonds. The van der Waals surface area contributed by atoms with Gasteiger partial charge in [-0.3, -0.25) is 0 Å². The van der Waals surface area contributed by atoms with Crippen LogP contribution >= 0.6 is 23.2 Å². The van der Waals surface area contributed by atoms with Crippen LogP contribution in [0.3, 0.4) is 0 Å². The summed E-state index contributed by atoms with van der Waals surface area (Å²) in [5.41, 5.74) is 0.728. The quantitative estimate of drug-likeness (QED) is 0.505. The van der Waals surface area contributed by atoms with Crippen LogP contribution in [0.25, 0.3) is 0 Å². The van der Waals surface area contributed by atoms with Gasteiger partial charge in [-0.15, -0.1) is 11.3 Å². The summed E-state index contributed by atoms with van der Waals surface area (Å²) in [6.45, 7) is 9.42. The van der Waals surface area contributed by atoms with Crippen LogP contribution in [0.15, 0.2) is 24.9 Å². The molecule has 1 unspecified atom stereocenters. The zero-order valence-electron chi connectivity index (χ0n) is 11.2. The molecule has 0 saturated heterocycles. The largest absolute Gasteiger partial charge is 0.598 e. The number of hydrogen-bond acceptors (Lipinski definition) is 3. The van der Waals surface area contributed by atoms with E-state index < -0.39 is 11.4 Å². The lowest BCUT2D eigenvalue weighted by Gasteiger charge is -2.28. The minimum absolute atomic E-state index is 0.226. The van der Waals surface area contributed by atoms with Crippen molar-refractivity contribution in [1.82, 2.24) is 9.71 Å². The highest BCUT2D eigenvalue weighted by Crippen LogP contribution is 2.28. The Morgan fingerprint density at radius 2 is 2.16 bits per heavy atom. The van der Waals surface area contributed by atoms with Crippen molar-refractivity contribution in [3.05, 3.63) is 40.7 Å². The third kappa shape index (κ3) is 4.97. The normalized spacial score (nSPS) is 15.1. The van der Waals surface area contributed by atoms with Crippen molar-refractivity contribution in [1.29, 1.82) is 0 Å². The molecule has 3 nitrogen and oxygen atoms in total. The van der Waals surface area contributed by atoms with Crippen LogP contribution in [0.2, 0.25) is 10.2 Å². The van der Waals surface area contributed by atoms with Gasteiger partial charge in [0.1, 0.15) is 9.90 Å². The molecule has 0 aromatic carbocycles. The SMILES string of the molecule is C=CC[C@H](N[S+]([O-])C(C)(C)C)c1cc(Cl)cnc1Cl. The standard InChI is InChI=1S/C13H18Cl2N2OS/c1-5-6-11(17-19(18)13(2,3)4)10-7-9(14)8-16-12(10)15/h5,7-8,11,17H,1,6H2,2-4H3/t11-,19?/m0/s1. The van der Waals surface area contributed by atoms with E-state index in [1.807, 2.05) is 20.8 Å². The maximum atomic E-state index is 12.2. The van der Waals surface area contributed by atoms with Crippen LogP contribution in [0.4, 0.5) is 0 Å². The summed E-state index contributed by atoms with van der Waals surface area (Å²) in [5, 5.41) is 0.853. The first-order valence-corrected chi connectivity index (χ1v) is 7.76. The van der Waals surface area contributed by atoms with Crippen molar-refractivity contribution in [3.8, 4) is 0 Å². The molecular weight excluding hydrogens is 303 g/mol. The zero-order chi connectivity index (χ0) is 14.6. The van der Waals surface area contributed by atoms with Gasteiger partial charge in [0, 0.05) is 23.1 Å². The Labute approximate surface area is 127 Å². The van der Waals surface area contributed by atoms with E-state index in [-0.39, 0.29) is 10.8 Å². The first-order chi connectivity index (χ1) is 8.75. The number of halogens is 2. The van der Waals surface area contributed by atoms with Crippen LogP contribution in [-0.4, -0.2) is 14.3 Å². The van der Waals surface area contributed by atoms with Crippen molar-refractivity contribution >= 4 is 34.6 Å². The van der Waals surface area contributed by atoms with Gasteiger partial charge in [0.2, 0.25) is 0 Å². The highest BCUT2D eigenvalue weighted by atomic mass is 35.5. The van der Waals surface area contributed by atoms with E-state index in [9.17, 15) is 4.55 Å². The molecule has 1 rings (SSSR count). The summed E-state index contributed by atoms with van der Waals surface area (Å²) in [7, 11) is 0.